The van der Waals surface area contributed by atoms with E-state index in [1.165, 1.54) is 0 Å². The third kappa shape index (κ3) is 5.27. The molecule has 1 aromatic carbocycles. The number of benzene rings is 1. The zero-order chi connectivity index (χ0) is 14.7. The first-order valence-electron chi connectivity index (χ1n) is 5.30. The number of carbonyl (C=O) groups is 1. The molecule has 106 valence electrons. The molecular formula is C11H14BrNO5S. The number of aliphatic carboxylic acids is 1. The highest BCUT2D eigenvalue weighted by Crippen LogP contribution is 2.14. The minimum atomic E-state index is -3.71. The van der Waals surface area contributed by atoms with Gasteiger partial charge in [0, 0.05) is 11.0 Å². The molecule has 1 atom stereocenters. The summed E-state index contributed by atoms with van der Waals surface area (Å²) in [6.07, 6.45) is 0. The van der Waals surface area contributed by atoms with Crippen molar-refractivity contribution in [2.24, 2.45) is 0 Å². The monoisotopic (exact) mass is 351 g/mol. The molecule has 0 radical (unpaired) electrons. The van der Waals surface area contributed by atoms with Crippen molar-refractivity contribution in [3.63, 3.8) is 0 Å². The largest absolute Gasteiger partial charge is 0.479 e. The lowest BCUT2D eigenvalue weighted by molar-refractivity contribution is -0.155. The van der Waals surface area contributed by atoms with Gasteiger partial charge in [0.1, 0.15) is 0 Å². The number of carboxylic acid groups (broad SMARTS) is 1. The molecular weight excluding hydrogens is 338 g/mol. The minimum Gasteiger partial charge on any atom is -0.479 e. The Morgan fingerprint density at radius 2 is 2.11 bits per heavy atom. The summed E-state index contributed by atoms with van der Waals surface area (Å²) in [5.41, 5.74) is -1.58. The van der Waals surface area contributed by atoms with E-state index in [9.17, 15) is 18.3 Å². The van der Waals surface area contributed by atoms with Gasteiger partial charge in [-0.15, -0.1) is 0 Å². The summed E-state index contributed by atoms with van der Waals surface area (Å²) < 4.78 is 26.3. The quantitative estimate of drug-likeness (QED) is 0.699. The van der Waals surface area contributed by atoms with Gasteiger partial charge in [-0.1, -0.05) is 28.1 Å². The van der Waals surface area contributed by atoms with Gasteiger partial charge >= 0.3 is 5.97 Å². The molecule has 0 aliphatic heterocycles. The maximum Gasteiger partial charge on any atom is 0.336 e. The van der Waals surface area contributed by atoms with Crippen LogP contribution in [0.4, 0.5) is 0 Å². The molecule has 1 rings (SSSR count). The summed E-state index contributed by atoms with van der Waals surface area (Å²) in [5.74, 6) is -1.78. The van der Waals surface area contributed by atoms with E-state index < -0.39 is 28.1 Å². The van der Waals surface area contributed by atoms with Crippen LogP contribution >= 0.6 is 15.9 Å². The van der Waals surface area contributed by atoms with E-state index in [2.05, 4.69) is 20.7 Å². The molecule has 0 spiro atoms. The van der Waals surface area contributed by atoms with Crippen molar-refractivity contribution in [3.8, 4) is 0 Å². The van der Waals surface area contributed by atoms with Gasteiger partial charge in [0.2, 0.25) is 10.0 Å². The Bertz CT molecular complexity index is 570. The Balaban J connectivity index is 2.70. The fourth-order valence-corrected chi connectivity index (χ4v) is 2.89. The molecule has 0 heterocycles. The molecule has 1 unspecified atom stereocenters. The highest BCUT2D eigenvalue weighted by atomic mass is 79.9. The van der Waals surface area contributed by atoms with Crippen LogP contribution in [0.3, 0.4) is 0 Å². The Labute approximate surface area is 119 Å². The number of halogens is 1. The highest BCUT2D eigenvalue weighted by Gasteiger charge is 2.31. The number of hydrogen-bond donors (Lipinski definition) is 3. The van der Waals surface area contributed by atoms with Crippen molar-refractivity contribution in [3.05, 3.63) is 34.3 Å². The average molecular weight is 352 g/mol. The number of sulfonamides is 1. The molecule has 1 aromatic rings. The van der Waals surface area contributed by atoms with Crippen LogP contribution in [0, 0.1) is 0 Å². The molecule has 8 heteroatoms. The first-order valence-corrected chi connectivity index (χ1v) is 7.74. The fourth-order valence-electron chi connectivity index (χ4n) is 1.22. The van der Waals surface area contributed by atoms with Gasteiger partial charge in [-0.3, -0.25) is 0 Å². The molecule has 0 aromatic heterocycles. The van der Waals surface area contributed by atoms with E-state index in [0.29, 0.717) is 5.56 Å². The SMILES string of the molecule is CC(O)(CNS(=O)(=O)Cc1cccc(Br)c1)C(=O)O. The van der Waals surface area contributed by atoms with Gasteiger partial charge in [-0.25, -0.2) is 17.9 Å². The van der Waals surface area contributed by atoms with Gasteiger partial charge in [-0.05, 0) is 24.6 Å². The van der Waals surface area contributed by atoms with Crippen LogP contribution in [-0.4, -0.2) is 36.7 Å². The first kappa shape index (κ1) is 16.1. The van der Waals surface area contributed by atoms with E-state index in [4.69, 9.17) is 5.11 Å². The maximum absolute atomic E-state index is 11.8. The zero-order valence-corrected chi connectivity index (χ0v) is 12.5. The van der Waals surface area contributed by atoms with Crippen LogP contribution < -0.4 is 4.72 Å². The second-order valence-corrected chi connectivity index (χ2v) is 7.01. The third-order valence-corrected chi connectivity index (χ3v) is 4.13. The van der Waals surface area contributed by atoms with Gasteiger partial charge in [0.25, 0.3) is 0 Å². The average Bonchev–Trinajstić information content (AvgIpc) is 2.26. The summed E-state index contributed by atoms with van der Waals surface area (Å²) >= 11 is 3.23. The predicted octanol–water partition coefficient (Wildman–Crippen LogP) is 0.704. The van der Waals surface area contributed by atoms with E-state index in [0.717, 1.165) is 11.4 Å². The predicted molar refractivity (Wildman–Crippen MR) is 73.0 cm³/mol. The molecule has 0 aliphatic carbocycles. The number of nitrogens with one attached hydrogen (secondary N) is 1. The van der Waals surface area contributed by atoms with Crippen LogP contribution in [0.15, 0.2) is 28.7 Å². The topological polar surface area (TPSA) is 104 Å². The molecule has 19 heavy (non-hydrogen) atoms. The maximum atomic E-state index is 11.8. The molecule has 0 bridgehead atoms. The number of aliphatic hydroxyl groups is 1. The summed E-state index contributed by atoms with van der Waals surface area (Å²) in [4.78, 5) is 10.6. The van der Waals surface area contributed by atoms with Crippen LogP contribution in [0.5, 0.6) is 0 Å². The van der Waals surface area contributed by atoms with Gasteiger partial charge < -0.3 is 10.2 Å². The lowest BCUT2D eigenvalue weighted by atomic mass is 10.1. The molecule has 0 saturated heterocycles. The van der Waals surface area contributed by atoms with E-state index >= 15 is 0 Å². The molecule has 0 fully saturated rings. The minimum absolute atomic E-state index is 0.290. The Hall–Kier alpha value is -0.960. The normalized spacial score (nSPS) is 14.9. The van der Waals surface area contributed by atoms with Gasteiger partial charge in [0.15, 0.2) is 5.60 Å². The Kier molecular flexibility index (Phi) is 5.08. The van der Waals surface area contributed by atoms with E-state index in [1.807, 2.05) is 0 Å². The smallest absolute Gasteiger partial charge is 0.336 e. The highest BCUT2D eigenvalue weighted by molar-refractivity contribution is 9.10. The lowest BCUT2D eigenvalue weighted by Gasteiger charge is -2.18. The summed E-state index contributed by atoms with van der Waals surface area (Å²) in [6.45, 7) is 0.440. The second-order valence-electron chi connectivity index (χ2n) is 4.29. The first-order chi connectivity index (χ1) is 8.62. The number of hydrogen-bond acceptors (Lipinski definition) is 4. The van der Waals surface area contributed by atoms with Crippen LogP contribution in [-0.2, 0) is 20.6 Å². The molecule has 0 aliphatic rings. The van der Waals surface area contributed by atoms with E-state index in [1.54, 1.807) is 24.3 Å². The van der Waals surface area contributed by atoms with Crippen LogP contribution in [0.25, 0.3) is 0 Å². The van der Waals surface area contributed by atoms with Crippen molar-refractivity contribution in [1.29, 1.82) is 0 Å². The summed E-state index contributed by atoms with van der Waals surface area (Å²) in [7, 11) is -3.71. The van der Waals surface area contributed by atoms with Crippen LogP contribution in [0.1, 0.15) is 12.5 Å². The van der Waals surface area contributed by atoms with Crippen molar-refractivity contribution in [2.45, 2.75) is 18.3 Å². The second kappa shape index (κ2) is 6.00. The lowest BCUT2D eigenvalue weighted by Crippen LogP contribution is -2.46. The molecule has 0 saturated carbocycles. The van der Waals surface area contributed by atoms with Crippen molar-refractivity contribution in [1.82, 2.24) is 4.72 Å². The molecule has 3 N–H and O–H groups in total. The van der Waals surface area contributed by atoms with Gasteiger partial charge in [-0.2, -0.15) is 0 Å². The van der Waals surface area contributed by atoms with Crippen molar-refractivity contribution in [2.75, 3.05) is 6.54 Å². The zero-order valence-electron chi connectivity index (χ0n) is 10.1. The Morgan fingerprint density at radius 3 is 2.63 bits per heavy atom. The summed E-state index contributed by atoms with van der Waals surface area (Å²) in [6, 6.07) is 6.75. The molecule has 0 amide bonds. The van der Waals surface area contributed by atoms with Crippen molar-refractivity contribution >= 4 is 31.9 Å². The van der Waals surface area contributed by atoms with Crippen LogP contribution in [0.2, 0.25) is 0 Å². The van der Waals surface area contributed by atoms with Gasteiger partial charge in [0.05, 0.1) is 5.75 Å². The number of rotatable bonds is 6. The standard InChI is InChI=1S/C11H14BrNO5S/c1-11(16,10(14)15)7-13-19(17,18)6-8-3-2-4-9(12)5-8/h2-5,13,16H,6-7H2,1H3,(H,14,15). The summed E-state index contributed by atoms with van der Waals surface area (Å²) in [5, 5.41) is 18.1. The molecule has 6 nitrogen and oxygen atoms in total. The third-order valence-electron chi connectivity index (χ3n) is 2.34. The number of carboxylic acids is 1. The Morgan fingerprint density at radius 1 is 1.47 bits per heavy atom. The van der Waals surface area contributed by atoms with Crippen molar-refractivity contribution < 1.29 is 23.4 Å². The van der Waals surface area contributed by atoms with E-state index in [-0.39, 0.29) is 5.75 Å². The fraction of sp³-hybridized carbons (Fsp3) is 0.364.